The van der Waals surface area contributed by atoms with Crippen LogP contribution < -0.4 is 11.2 Å². The van der Waals surface area contributed by atoms with Gasteiger partial charge in [-0.25, -0.2) is 9.99 Å². The molecule has 0 spiro atoms. The molecule has 0 saturated carbocycles. The Hall–Kier alpha value is -1.44. The van der Waals surface area contributed by atoms with Crippen molar-refractivity contribution in [3.8, 4) is 0 Å². The van der Waals surface area contributed by atoms with Gasteiger partial charge in [0.25, 0.3) is 5.91 Å². The molecule has 1 amide bonds. The highest BCUT2D eigenvalue weighted by Crippen LogP contribution is 1.98. The number of nitrogens with one attached hydrogen (secondary N) is 1. The van der Waals surface area contributed by atoms with Crippen molar-refractivity contribution in [1.29, 1.82) is 0 Å². The summed E-state index contributed by atoms with van der Waals surface area (Å²) in [6.07, 6.45) is 3.31. The molecule has 3 N–H and O–H groups in total. The summed E-state index contributed by atoms with van der Waals surface area (Å²) in [5, 5.41) is 1.84. The third-order valence-electron chi connectivity index (χ3n) is 2.52. The van der Waals surface area contributed by atoms with E-state index < -0.39 is 0 Å². The number of hydrogen-bond donors (Lipinski definition) is 2. The second kappa shape index (κ2) is 5.76. The van der Waals surface area contributed by atoms with Gasteiger partial charge in [-0.15, -0.1) is 0 Å². The Bertz CT molecular complexity index is 373. The average Bonchev–Trinajstić information content (AvgIpc) is 2.79. The fourth-order valence-corrected chi connectivity index (χ4v) is 1.62. The van der Waals surface area contributed by atoms with Gasteiger partial charge in [0.15, 0.2) is 0 Å². The third kappa shape index (κ3) is 3.26. The Labute approximate surface area is 99.5 Å². The summed E-state index contributed by atoms with van der Waals surface area (Å²) in [5.41, 5.74) is 8.63. The average molecular weight is 239 g/mol. The lowest BCUT2D eigenvalue weighted by Gasteiger charge is -2.26. The highest BCUT2D eigenvalue weighted by atomic mass is 16.5. The summed E-state index contributed by atoms with van der Waals surface area (Å²) in [6.45, 7) is 3.88. The quantitative estimate of drug-likeness (QED) is 0.690. The number of rotatable bonds is 4. The maximum absolute atomic E-state index is 11.8. The van der Waals surface area contributed by atoms with Crippen LogP contribution in [-0.2, 0) is 11.3 Å². The maximum Gasteiger partial charge on any atom is 0.285 e. The minimum atomic E-state index is -0.192. The Morgan fingerprint density at radius 2 is 2.29 bits per heavy atom. The van der Waals surface area contributed by atoms with Crippen LogP contribution in [0.4, 0.5) is 0 Å². The second-order valence-corrected chi connectivity index (χ2v) is 3.83. The highest BCUT2D eigenvalue weighted by molar-refractivity contribution is 5.91. The molecule has 1 aromatic rings. The number of carbonyl (C=O) groups is 1. The predicted octanol–water partition coefficient (Wildman–Crippen LogP) is -1.18. The lowest BCUT2D eigenvalue weighted by molar-refractivity contribution is 0.0125. The molecule has 0 aliphatic carbocycles. The van der Waals surface area contributed by atoms with E-state index in [0.29, 0.717) is 45.1 Å². The summed E-state index contributed by atoms with van der Waals surface area (Å²) >= 11 is 0. The molecule has 0 bridgehead atoms. The van der Waals surface area contributed by atoms with Gasteiger partial charge in [-0.05, 0) is 0 Å². The summed E-state index contributed by atoms with van der Waals surface area (Å²) in [7, 11) is 0. The molecule has 17 heavy (non-hydrogen) atoms. The zero-order valence-electron chi connectivity index (χ0n) is 9.63. The minimum Gasteiger partial charge on any atom is -0.379 e. The molecular weight excluding hydrogens is 222 g/mol. The summed E-state index contributed by atoms with van der Waals surface area (Å²) < 4.78 is 7.00. The number of morpholine rings is 1. The summed E-state index contributed by atoms with van der Waals surface area (Å²) in [5.74, 6) is -0.192. The van der Waals surface area contributed by atoms with Gasteiger partial charge in [0.2, 0.25) is 0 Å². The van der Waals surface area contributed by atoms with Crippen LogP contribution in [-0.4, -0.2) is 53.3 Å². The van der Waals surface area contributed by atoms with Gasteiger partial charge < -0.3 is 15.0 Å². The molecular formula is C10H17N5O2. The van der Waals surface area contributed by atoms with Gasteiger partial charge in [0.05, 0.1) is 19.5 Å². The Morgan fingerprint density at radius 3 is 3.00 bits per heavy atom. The zero-order chi connectivity index (χ0) is 12.1. The van der Waals surface area contributed by atoms with Crippen molar-refractivity contribution in [2.45, 2.75) is 6.54 Å². The first-order chi connectivity index (χ1) is 8.29. The van der Waals surface area contributed by atoms with Gasteiger partial charge in [0, 0.05) is 32.4 Å². The lowest BCUT2D eigenvalue weighted by atomic mass is 10.4. The molecule has 1 aliphatic heterocycles. The molecule has 1 aromatic heterocycles. The number of hydrogen-bond acceptors (Lipinski definition) is 5. The first-order valence-electron chi connectivity index (χ1n) is 5.65. The van der Waals surface area contributed by atoms with E-state index in [4.69, 9.17) is 10.5 Å². The molecule has 1 aliphatic rings. The number of amides is 1. The van der Waals surface area contributed by atoms with Crippen molar-refractivity contribution in [2.75, 3.05) is 32.8 Å². The Balaban J connectivity index is 1.89. The first kappa shape index (κ1) is 12.0. The first-order valence-corrected chi connectivity index (χ1v) is 5.65. The highest BCUT2D eigenvalue weighted by Gasteiger charge is 2.15. The van der Waals surface area contributed by atoms with Crippen molar-refractivity contribution in [2.24, 2.45) is 5.73 Å². The van der Waals surface area contributed by atoms with Crippen LogP contribution in [0.3, 0.4) is 0 Å². The molecule has 0 atom stereocenters. The molecule has 7 nitrogen and oxygen atoms in total. The minimum absolute atomic E-state index is 0.192. The smallest absolute Gasteiger partial charge is 0.285 e. The number of aromatic nitrogens is 2. The topological polar surface area (TPSA) is 85.4 Å². The fourth-order valence-electron chi connectivity index (χ4n) is 1.62. The molecule has 1 fully saturated rings. The number of nitrogens with two attached hydrogens (primary N) is 1. The standard InChI is InChI=1S/C10H17N5O2/c11-1-2-14-7-9(12-8-14)10(16)13-15-3-5-17-6-4-15/h7-8H,1-6,11H2,(H,13,16). The van der Waals surface area contributed by atoms with Crippen LogP contribution in [0.15, 0.2) is 12.5 Å². The largest absolute Gasteiger partial charge is 0.379 e. The van der Waals surface area contributed by atoms with Crippen LogP contribution in [0.25, 0.3) is 0 Å². The van der Waals surface area contributed by atoms with Gasteiger partial charge in [-0.1, -0.05) is 0 Å². The van der Waals surface area contributed by atoms with Gasteiger partial charge in [-0.2, -0.15) is 0 Å². The Kier molecular flexibility index (Phi) is 4.08. The van der Waals surface area contributed by atoms with Gasteiger partial charge >= 0.3 is 0 Å². The van der Waals surface area contributed by atoms with E-state index in [-0.39, 0.29) is 5.91 Å². The molecule has 7 heteroatoms. The molecule has 0 unspecified atom stereocenters. The SMILES string of the molecule is NCCn1cnc(C(=O)NN2CCOCC2)c1. The van der Waals surface area contributed by atoms with Gasteiger partial charge in [-0.3, -0.25) is 10.2 Å². The van der Waals surface area contributed by atoms with Crippen molar-refractivity contribution >= 4 is 5.91 Å². The van der Waals surface area contributed by atoms with Crippen LogP contribution >= 0.6 is 0 Å². The van der Waals surface area contributed by atoms with E-state index in [2.05, 4.69) is 10.4 Å². The van der Waals surface area contributed by atoms with E-state index in [0.717, 1.165) is 0 Å². The molecule has 0 radical (unpaired) electrons. The van der Waals surface area contributed by atoms with Crippen LogP contribution in [0.1, 0.15) is 10.5 Å². The second-order valence-electron chi connectivity index (χ2n) is 3.83. The Morgan fingerprint density at radius 1 is 1.53 bits per heavy atom. The van der Waals surface area contributed by atoms with Crippen molar-refractivity contribution < 1.29 is 9.53 Å². The molecule has 2 rings (SSSR count). The van der Waals surface area contributed by atoms with Gasteiger partial charge in [0.1, 0.15) is 5.69 Å². The molecule has 2 heterocycles. The third-order valence-corrected chi connectivity index (χ3v) is 2.52. The zero-order valence-corrected chi connectivity index (χ0v) is 9.63. The van der Waals surface area contributed by atoms with E-state index in [1.807, 2.05) is 5.01 Å². The summed E-state index contributed by atoms with van der Waals surface area (Å²) in [4.78, 5) is 15.9. The number of carbonyl (C=O) groups excluding carboxylic acids is 1. The number of nitrogens with zero attached hydrogens (tertiary/aromatic N) is 3. The fraction of sp³-hybridized carbons (Fsp3) is 0.600. The van der Waals surface area contributed by atoms with Crippen LogP contribution in [0, 0.1) is 0 Å². The van der Waals surface area contributed by atoms with E-state index in [1.165, 1.54) is 0 Å². The maximum atomic E-state index is 11.8. The molecule has 1 saturated heterocycles. The van der Waals surface area contributed by atoms with E-state index in [9.17, 15) is 4.79 Å². The predicted molar refractivity (Wildman–Crippen MR) is 61.1 cm³/mol. The van der Waals surface area contributed by atoms with Crippen molar-refractivity contribution in [1.82, 2.24) is 20.0 Å². The van der Waals surface area contributed by atoms with Crippen LogP contribution in [0.2, 0.25) is 0 Å². The van der Waals surface area contributed by atoms with E-state index >= 15 is 0 Å². The number of imidazole rings is 1. The molecule has 94 valence electrons. The van der Waals surface area contributed by atoms with E-state index in [1.54, 1.807) is 17.1 Å². The summed E-state index contributed by atoms with van der Waals surface area (Å²) in [6, 6.07) is 0. The number of ether oxygens (including phenoxy) is 1. The number of hydrazine groups is 1. The normalized spacial score (nSPS) is 17.0. The molecule has 0 aromatic carbocycles. The van der Waals surface area contributed by atoms with Crippen molar-refractivity contribution in [3.05, 3.63) is 18.2 Å². The monoisotopic (exact) mass is 239 g/mol. The van der Waals surface area contributed by atoms with Crippen LogP contribution in [0.5, 0.6) is 0 Å². The van der Waals surface area contributed by atoms with Crippen molar-refractivity contribution in [3.63, 3.8) is 0 Å². The lowest BCUT2D eigenvalue weighted by Crippen LogP contribution is -2.48.